The number of nitrogens with one attached hydrogen (secondary N) is 1. The van der Waals surface area contributed by atoms with Crippen LogP contribution >= 0.6 is 11.3 Å². The van der Waals surface area contributed by atoms with E-state index in [-0.39, 0.29) is 4.90 Å². The van der Waals surface area contributed by atoms with Crippen molar-refractivity contribution < 1.29 is 8.42 Å². The first kappa shape index (κ1) is 12.4. The Bertz CT molecular complexity index is 979. The van der Waals surface area contributed by atoms with E-state index >= 15 is 0 Å². The molecule has 0 atom stereocenters. The minimum Gasteiger partial charge on any atom is -0.279 e. The summed E-state index contributed by atoms with van der Waals surface area (Å²) in [7, 11) is -3.47. The highest BCUT2D eigenvalue weighted by atomic mass is 32.2. The summed E-state index contributed by atoms with van der Waals surface area (Å²) in [5.41, 5.74) is 1.19. The van der Waals surface area contributed by atoms with Gasteiger partial charge in [0.05, 0.1) is 16.3 Å². The van der Waals surface area contributed by atoms with E-state index in [0.717, 1.165) is 5.39 Å². The molecule has 0 amide bonds. The Kier molecular flexibility index (Phi) is 2.57. The second kappa shape index (κ2) is 4.34. The van der Waals surface area contributed by atoms with Gasteiger partial charge < -0.3 is 0 Å². The van der Waals surface area contributed by atoms with Crippen molar-refractivity contribution in [3.05, 3.63) is 41.9 Å². The van der Waals surface area contributed by atoms with E-state index in [1.807, 2.05) is 11.4 Å². The van der Waals surface area contributed by atoms with Gasteiger partial charge in [0.1, 0.15) is 0 Å². The molecule has 0 saturated heterocycles. The maximum absolute atomic E-state index is 12.0. The van der Waals surface area contributed by atoms with Gasteiger partial charge in [0, 0.05) is 22.3 Å². The number of sulfonamides is 1. The van der Waals surface area contributed by atoms with Crippen LogP contribution in [0.2, 0.25) is 0 Å². The van der Waals surface area contributed by atoms with E-state index in [9.17, 15) is 8.42 Å². The van der Waals surface area contributed by atoms with Gasteiger partial charge in [-0.05, 0) is 18.2 Å². The Morgan fingerprint density at radius 2 is 2.05 bits per heavy atom. The van der Waals surface area contributed by atoms with Crippen LogP contribution in [0.15, 0.2) is 57.0 Å². The summed E-state index contributed by atoms with van der Waals surface area (Å²) in [5, 5.41) is 12.0. The van der Waals surface area contributed by atoms with E-state index in [0.29, 0.717) is 21.9 Å². The Morgan fingerprint density at radius 3 is 2.86 bits per heavy atom. The summed E-state index contributed by atoms with van der Waals surface area (Å²) in [5.74, 6) is 0. The molecule has 4 rings (SSSR count). The lowest BCUT2D eigenvalue weighted by Crippen LogP contribution is -2.05. The van der Waals surface area contributed by atoms with Crippen molar-refractivity contribution in [3.8, 4) is 0 Å². The smallest absolute Gasteiger partial charge is 0.262 e. The van der Waals surface area contributed by atoms with Crippen LogP contribution in [0.4, 0.5) is 16.5 Å². The topological polar surface area (TPSA) is 83.8 Å². The minimum atomic E-state index is -3.47. The van der Waals surface area contributed by atoms with Crippen LogP contribution in [-0.4, -0.2) is 13.4 Å². The molecule has 1 aromatic heterocycles. The third kappa shape index (κ3) is 1.91. The average Bonchev–Trinajstić information content (AvgIpc) is 3.06. The summed E-state index contributed by atoms with van der Waals surface area (Å²) in [6.45, 7) is 0. The number of hydrogen-bond acceptors (Lipinski definition) is 6. The van der Waals surface area contributed by atoms with Gasteiger partial charge in [0.25, 0.3) is 10.0 Å². The molecule has 6 nitrogen and oxygen atoms in total. The minimum absolute atomic E-state index is 0.279. The molecule has 0 spiro atoms. The zero-order valence-corrected chi connectivity index (χ0v) is 12.1. The van der Waals surface area contributed by atoms with Crippen LogP contribution in [-0.2, 0) is 10.0 Å². The highest BCUT2D eigenvalue weighted by molar-refractivity contribution is 7.93. The maximum Gasteiger partial charge on any atom is 0.262 e. The zero-order valence-electron chi connectivity index (χ0n) is 10.5. The third-order valence-corrected chi connectivity index (χ3v) is 5.24. The second-order valence-electron chi connectivity index (χ2n) is 4.43. The number of benzene rings is 2. The van der Waals surface area contributed by atoms with Crippen LogP contribution in [0.5, 0.6) is 0 Å². The molecular weight excluding hydrogens is 308 g/mol. The van der Waals surface area contributed by atoms with Gasteiger partial charge in [-0.2, -0.15) is 0 Å². The van der Waals surface area contributed by atoms with Gasteiger partial charge in [-0.15, -0.1) is 21.6 Å². The summed E-state index contributed by atoms with van der Waals surface area (Å²) in [6.07, 6.45) is 1.66. The highest BCUT2D eigenvalue weighted by Gasteiger charge is 2.27. The fourth-order valence-electron chi connectivity index (χ4n) is 2.32. The van der Waals surface area contributed by atoms with Crippen molar-refractivity contribution in [1.82, 2.24) is 4.98 Å². The molecule has 2 aromatic carbocycles. The predicted octanol–water partition coefficient (Wildman–Crippen LogP) is 3.83. The molecule has 0 radical (unpaired) electrons. The summed E-state index contributed by atoms with van der Waals surface area (Å²) in [6, 6.07) is 8.57. The van der Waals surface area contributed by atoms with E-state index in [2.05, 4.69) is 19.9 Å². The molecule has 104 valence electrons. The summed E-state index contributed by atoms with van der Waals surface area (Å²) >= 11 is 1.39. The molecule has 3 aromatic rings. The van der Waals surface area contributed by atoms with Gasteiger partial charge in [-0.25, -0.2) is 13.4 Å². The van der Waals surface area contributed by atoms with Crippen molar-refractivity contribution in [2.75, 3.05) is 4.72 Å². The van der Waals surface area contributed by atoms with Gasteiger partial charge in [-0.3, -0.25) is 4.72 Å². The monoisotopic (exact) mass is 316 g/mol. The second-order valence-corrected chi connectivity index (χ2v) is 6.95. The lowest BCUT2D eigenvalue weighted by Gasteiger charge is -2.01. The normalized spacial score (nSPS) is 15.6. The Hall–Kier alpha value is -2.32. The molecule has 8 heteroatoms. The predicted molar refractivity (Wildman–Crippen MR) is 81.0 cm³/mol. The molecule has 2 heterocycles. The fraction of sp³-hybridized carbons (Fsp3) is 0. The first-order valence-electron chi connectivity index (χ1n) is 6.05. The molecule has 0 bridgehead atoms. The molecule has 0 aliphatic carbocycles. The molecule has 1 aliphatic rings. The summed E-state index contributed by atoms with van der Waals surface area (Å²) < 4.78 is 26.6. The molecule has 0 fully saturated rings. The zero-order chi connectivity index (χ0) is 14.4. The number of aromatic nitrogens is 1. The van der Waals surface area contributed by atoms with Crippen molar-refractivity contribution >= 4 is 48.6 Å². The molecule has 21 heavy (non-hydrogen) atoms. The lowest BCUT2D eigenvalue weighted by atomic mass is 10.1. The first-order chi connectivity index (χ1) is 10.1. The fourth-order valence-corrected chi connectivity index (χ4v) is 4.08. The van der Waals surface area contributed by atoms with Gasteiger partial charge >= 0.3 is 0 Å². The number of rotatable bonds is 2. The van der Waals surface area contributed by atoms with Crippen LogP contribution in [0.3, 0.4) is 0 Å². The molecule has 1 aliphatic heterocycles. The third-order valence-electron chi connectivity index (χ3n) is 3.18. The quantitative estimate of drug-likeness (QED) is 0.729. The molecule has 1 N–H and O–H groups in total. The van der Waals surface area contributed by atoms with Crippen molar-refractivity contribution in [2.24, 2.45) is 10.2 Å². The van der Waals surface area contributed by atoms with E-state index in [4.69, 9.17) is 0 Å². The van der Waals surface area contributed by atoms with Crippen molar-refractivity contribution in [2.45, 2.75) is 4.90 Å². The number of thiazole rings is 1. The van der Waals surface area contributed by atoms with E-state index in [1.54, 1.807) is 30.5 Å². The van der Waals surface area contributed by atoms with Crippen LogP contribution in [0, 0.1) is 0 Å². The number of hydrogen-bond donors (Lipinski definition) is 1. The van der Waals surface area contributed by atoms with Gasteiger partial charge in [0.15, 0.2) is 0 Å². The highest BCUT2D eigenvalue weighted by Crippen LogP contribution is 2.41. The number of nitrogens with zero attached hydrogens (tertiary/aromatic N) is 3. The first-order valence-corrected chi connectivity index (χ1v) is 8.41. The SMILES string of the molecule is O=S1(=O)Nc2ccc(N=Nc3nccs3)c3cccc1c23. The summed E-state index contributed by atoms with van der Waals surface area (Å²) in [4.78, 5) is 4.31. The standard InChI is InChI=1S/C13H8N4O2S2/c18-21(19)11-3-1-2-8-9(4-5-10(17-21)12(8)11)15-16-13-14-6-7-20-13/h1-7,17H. The average molecular weight is 316 g/mol. The largest absolute Gasteiger partial charge is 0.279 e. The van der Waals surface area contributed by atoms with Crippen LogP contribution < -0.4 is 4.72 Å². The number of azo groups is 1. The lowest BCUT2D eigenvalue weighted by molar-refractivity contribution is 0.603. The van der Waals surface area contributed by atoms with E-state index in [1.165, 1.54) is 11.3 Å². The van der Waals surface area contributed by atoms with Crippen molar-refractivity contribution in [1.29, 1.82) is 0 Å². The maximum atomic E-state index is 12.0. The molecular formula is C13H8N4O2S2. The van der Waals surface area contributed by atoms with E-state index < -0.39 is 10.0 Å². The molecule has 0 unspecified atom stereocenters. The van der Waals surface area contributed by atoms with Gasteiger partial charge in [0.2, 0.25) is 5.13 Å². The number of anilines is 1. The Labute approximate surface area is 124 Å². The van der Waals surface area contributed by atoms with Gasteiger partial charge in [-0.1, -0.05) is 12.1 Å². The van der Waals surface area contributed by atoms with Crippen LogP contribution in [0.25, 0.3) is 10.8 Å². The Balaban J connectivity index is 1.94. The van der Waals surface area contributed by atoms with Crippen molar-refractivity contribution in [3.63, 3.8) is 0 Å². The molecule has 0 saturated carbocycles. The Morgan fingerprint density at radius 1 is 1.14 bits per heavy atom. The van der Waals surface area contributed by atoms with Crippen LogP contribution in [0.1, 0.15) is 0 Å².